The van der Waals surface area contributed by atoms with Crippen molar-refractivity contribution in [2.75, 3.05) is 6.61 Å². The number of nitrogens with zero attached hydrogens (tertiary/aromatic N) is 1. The minimum Gasteiger partial charge on any atom is -0.465 e. The van der Waals surface area contributed by atoms with Crippen LogP contribution in [0.1, 0.15) is 22.8 Å². The zero-order chi connectivity index (χ0) is 18.1. The first-order valence-corrected chi connectivity index (χ1v) is 9.26. The maximum atomic E-state index is 12.6. The zero-order valence-electron chi connectivity index (χ0n) is 14.3. The summed E-state index contributed by atoms with van der Waals surface area (Å²) in [6.45, 7) is 2.30. The molecule has 0 aliphatic carbocycles. The molecule has 2 aromatic carbocycles. The number of carbonyl (C=O) groups excluding carboxylic acids is 2. The van der Waals surface area contributed by atoms with Crippen LogP contribution in [0.2, 0.25) is 0 Å². The number of Topliss-reactive ketones (excluding diaryl/α,β-unsaturated/α-hetero) is 1. The molecule has 0 radical (unpaired) electrons. The van der Waals surface area contributed by atoms with Gasteiger partial charge in [-0.3, -0.25) is 9.59 Å². The summed E-state index contributed by atoms with van der Waals surface area (Å²) in [5, 5.41) is 1.01. The molecule has 0 amide bonds. The normalized spacial score (nSPS) is 14.8. The quantitative estimate of drug-likeness (QED) is 0.505. The van der Waals surface area contributed by atoms with E-state index in [9.17, 15) is 9.59 Å². The predicted octanol–water partition coefficient (Wildman–Crippen LogP) is 4.53. The Morgan fingerprint density at radius 1 is 1.15 bits per heavy atom. The number of thioether (sulfide) groups is 1. The van der Waals surface area contributed by atoms with Crippen molar-refractivity contribution in [3.05, 3.63) is 70.8 Å². The van der Waals surface area contributed by atoms with Crippen LogP contribution in [0.4, 0.5) is 0 Å². The van der Waals surface area contributed by atoms with E-state index in [0.717, 1.165) is 26.9 Å². The Morgan fingerprint density at radius 3 is 2.73 bits per heavy atom. The van der Waals surface area contributed by atoms with Crippen molar-refractivity contribution in [3.8, 4) is 0 Å². The maximum Gasteiger partial charge on any atom is 0.325 e. The molecule has 4 nitrogen and oxygen atoms in total. The van der Waals surface area contributed by atoms with Gasteiger partial charge in [0.1, 0.15) is 6.54 Å². The second kappa shape index (κ2) is 6.84. The SMILES string of the molecule is CCOC(=O)Cn1cc(C=C2Sc3ccccc3C2=O)c2ccccc21. The van der Waals surface area contributed by atoms with Crippen molar-refractivity contribution in [2.24, 2.45) is 0 Å². The number of rotatable bonds is 4. The lowest BCUT2D eigenvalue weighted by molar-refractivity contribution is -0.143. The van der Waals surface area contributed by atoms with Crippen molar-refractivity contribution >= 4 is 40.5 Å². The highest BCUT2D eigenvalue weighted by atomic mass is 32.2. The van der Waals surface area contributed by atoms with E-state index in [-0.39, 0.29) is 18.3 Å². The number of hydrogen-bond donors (Lipinski definition) is 0. The zero-order valence-corrected chi connectivity index (χ0v) is 15.1. The lowest BCUT2D eigenvalue weighted by atomic mass is 10.1. The lowest BCUT2D eigenvalue weighted by Gasteiger charge is -2.04. The van der Waals surface area contributed by atoms with Crippen LogP contribution < -0.4 is 0 Å². The number of fused-ring (bicyclic) bond motifs is 2. The van der Waals surface area contributed by atoms with E-state index in [0.29, 0.717) is 11.5 Å². The highest BCUT2D eigenvalue weighted by molar-refractivity contribution is 8.04. The molecule has 0 unspecified atom stereocenters. The fourth-order valence-electron chi connectivity index (χ4n) is 3.14. The summed E-state index contributed by atoms with van der Waals surface area (Å²) in [6, 6.07) is 15.5. The predicted molar refractivity (Wildman–Crippen MR) is 103 cm³/mol. The van der Waals surface area contributed by atoms with Gasteiger partial charge in [0.05, 0.1) is 11.5 Å². The fourth-order valence-corrected chi connectivity index (χ4v) is 4.19. The van der Waals surface area contributed by atoms with Crippen molar-refractivity contribution in [1.29, 1.82) is 0 Å². The van der Waals surface area contributed by atoms with Gasteiger partial charge in [-0.05, 0) is 31.2 Å². The van der Waals surface area contributed by atoms with Gasteiger partial charge >= 0.3 is 5.97 Å². The van der Waals surface area contributed by atoms with E-state index in [1.165, 1.54) is 11.8 Å². The highest BCUT2D eigenvalue weighted by Gasteiger charge is 2.25. The Kier molecular flexibility index (Phi) is 4.39. The molecule has 0 atom stereocenters. The molecule has 130 valence electrons. The summed E-state index contributed by atoms with van der Waals surface area (Å²) >= 11 is 1.49. The third-order valence-electron chi connectivity index (χ3n) is 4.29. The number of allylic oxidation sites excluding steroid dienone is 1. The Hall–Kier alpha value is -2.79. The molecule has 1 aromatic heterocycles. The number of benzene rings is 2. The molecule has 0 saturated carbocycles. The molecule has 0 spiro atoms. The van der Waals surface area contributed by atoms with E-state index in [1.807, 2.05) is 65.4 Å². The molecule has 4 rings (SSSR count). The second-order valence-electron chi connectivity index (χ2n) is 5.97. The van der Waals surface area contributed by atoms with Gasteiger partial charge in [-0.25, -0.2) is 0 Å². The lowest BCUT2D eigenvalue weighted by Crippen LogP contribution is -2.12. The molecule has 1 aliphatic rings. The average Bonchev–Trinajstić information content (AvgIpc) is 3.15. The maximum absolute atomic E-state index is 12.6. The topological polar surface area (TPSA) is 48.3 Å². The van der Waals surface area contributed by atoms with Crippen molar-refractivity contribution in [1.82, 2.24) is 4.57 Å². The van der Waals surface area contributed by atoms with Gasteiger partial charge in [-0.1, -0.05) is 42.1 Å². The second-order valence-corrected chi connectivity index (χ2v) is 7.05. The molecular formula is C21H17NO3S. The third kappa shape index (κ3) is 2.95. The van der Waals surface area contributed by atoms with Gasteiger partial charge in [0.15, 0.2) is 0 Å². The van der Waals surface area contributed by atoms with E-state index < -0.39 is 0 Å². The molecule has 0 fully saturated rings. The van der Waals surface area contributed by atoms with Crippen LogP contribution in [0.25, 0.3) is 17.0 Å². The number of esters is 1. The molecule has 1 aliphatic heterocycles. The summed E-state index contributed by atoms with van der Waals surface area (Å²) in [6.07, 6.45) is 3.82. The Bertz CT molecular complexity index is 1050. The van der Waals surface area contributed by atoms with Crippen LogP contribution in [0.3, 0.4) is 0 Å². The fraction of sp³-hybridized carbons (Fsp3) is 0.143. The van der Waals surface area contributed by atoms with E-state index in [1.54, 1.807) is 6.92 Å². The Balaban J connectivity index is 1.74. The van der Waals surface area contributed by atoms with Crippen LogP contribution >= 0.6 is 11.8 Å². The van der Waals surface area contributed by atoms with Crippen LogP contribution in [-0.4, -0.2) is 22.9 Å². The molecule has 0 N–H and O–H groups in total. The first-order valence-electron chi connectivity index (χ1n) is 8.44. The van der Waals surface area contributed by atoms with Gasteiger partial charge in [0, 0.05) is 33.1 Å². The van der Waals surface area contributed by atoms with Crippen molar-refractivity contribution < 1.29 is 14.3 Å². The van der Waals surface area contributed by atoms with Gasteiger partial charge < -0.3 is 9.30 Å². The molecule has 3 aromatic rings. The molecule has 0 bridgehead atoms. The van der Waals surface area contributed by atoms with Crippen LogP contribution in [-0.2, 0) is 16.1 Å². The van der Waals surface area contributed by atoms with Gasteiger partial charge in [-0.15, -0.1) is 0 Å². The third-order valence-corrected chi connectivity index (χ3v) is 5.39. The Morgan fingerprint density at radius 2 is 1.92 bits per heavy atom. The van der Waals surface area contributed by atoms with Crippen molar-refractivity contribution in [3.63, 3.8) is 0 Å². The monoisotopic (exact) mass is 363 g/mol. The number of ketones is 1. The number of carbonyl (C=O) groups is 2. The summed E-state index contributed by atoms with van der Waals surface area (Å²) in [5.74, 6) is -0.223. The van der Waals surface area contributed by atoms with E-state index >= 15 is 0 Å². The summed E-state index contributed by atoms with van der Waals surface area (Å²) in [5.41, 5.74) is 2.62. The van der Waals surface area contributed by atoms with E-state index in [4.69, 9.17) is 4.74 Å². The number of aromatic nitrogens is 1. The number of hydrogen-bond acceptors (Lipinski definition) is 4. The van der Waals surface area contributed by atoms with E-state index in [2.05, 4.69) is 0 Å². The first-order chi connectivity index (χ1) is 12.7. The standard InChI is InChI=1S/C21H17NO3S/c1-2-25-20(23)13-22-12-14(15-7-3-5-9-17(15)22)11-19-21(24)16-8-4-6-10-18(16)26-19/h3-12H,2,13H2,1H3. The Labute approximate surface area is 155 Å². The highest BCUT2D eigenvalue weighted by Crippen LogP contribution is 2.41. The summed E-state index contributed by atoms with van der Waals surface area (Å²) in [4.78, 5) is 26.2. The molecule has 0 saturated heterocycles. The minimum absolute atomic E-state index is 0.0489. The van der Waals surface area contributed by atoms with Crippen LogP contribution in [0.5, 0.6) is 0 Å². The smallest absolute Gasteiger partial charge is 0.325 e. The average molecular weight is 363 g/mol. The molecule has 26 heavy (non-hydrogen) atoms. The molecular weight excluding hydrogens is 346 g/mol. The molecule has 5 heteroatoms. The summed E-state index contributed by atoms with van der Waals surface area (Å²) < 4.78 is 6.94. The van der Waals surface area contributed by atoms with Crippen molar-refractivity contribution in [2.45, 2.75) is 18.4 Å². The summed E-state index contributed by atoms with van der Waals surface area (Å²) in [7, 11) is 0. The van der Waals surface area contributed by atoms with Gasteiger partial charge in [0.2, 0.25) is 5.78 Å². The minimum atomic E-state index is -0.272. The van der Waals surface area contributed by atoms with Gasteiger partial charge in [0.25, 0.3) is 0 Å². The first kappa shape index (κ1) is 16.7. The van der Waals surface area contributed by atoms with Gasteiger partial charge in [-0.2, -0.15) is 0 Å². The van der Waals surface area contributed by atoms with Crippen LogP contribution in [0, 0.1) is 0 Å². The largest absolute Gasteiger partial charge is 0.465 e. The van der Waals surface area contributed by atoms with Crippen LogP contribution in [0.15, 0.2) is 64.5 Å². The number of para-hydroxylation sites is 1. The molecule has 2 heterocycles. The number of ether oxygens (including phenoxy) is 1.